The Hall–Kier alpha value is -2.54. The molecule has 0 fully saturated rings. The molecule has 1 aromatic heterocycles. The van der Waals surface area contributed by atoms with Gasteiger partial charge in [0, 0.05) is 18.0 Å². The number of nitrogens with two attached hydrogens (primary N) is 1. The van der Waals surface area contributed by atoms with Crippen molar-refractivity contribution in [3.8, 4) is 0 Å². The van der Waals surface area contributed by atoms with E-state index >= 15 is 0 Å². The maximum absolute atomic E-state index is 11.8. The first kappa shape index (κ1) is 13.9. The quantitative estimate of drug-likeness (QED) is 0.712. The van der Waals surface area contributed by atoms with E-state index in [2.05, 4.69) is 10.3 Å². The highest BCUT2D eigenvalue weighted by atomic mass is 35.5. The molecule has 104 valence electrons. The van der Waals surface area contributed by atoms with Gasteiger partial charge in [-0.3, -0.25) is 19.1 Å². The van der Waals surface area contributed by atoms with Crippen LogP contribution in [0, 0.1) is 0 Å². The first-order valence-electron chi connectivity index (χ1n) is 5.60. The summed E-state index contributed by atoms with van der Waals surface area (Å²) >= 11 is 5.91. The van der Waals surface area contributed by atoms with Crippen molar-refractivity contribution in [3.05, 3.63) is 56.3 Å². The molecule has 4 N–H and O–H groups in total. The van der Waals surface area contributed by atoms with Gasteiger partial charge in [-0.15, -0.1) is 0 Å². The van der Waals surface area contributed by atoms with E-state index in [1.807, 2.05) is 0 Å². The van der Waals surface area contributed by atoms with Crippen molar-refractivity contribution in [2.45, 2.75) is 6.54 Å². The van der Waals surface area contributed by atoms with Crippen molar-refractivity contribution in [3.63, 3.8) is 0 Å². The summed E-state index contributed by atoms with van der Waals surface area (Å²) in [6.07, 6.45) is 1.24. The van der Waals surface area contributed by atoms with Crippen LogP contribution < -0.4 is 22.3 Å². The van der Waals surface area contributed by atoms with Crippen molar-refractivity contribution in [2.24, 2.45) is 0 Å². The zero-order valence-corrected chi connectivity index (χ0v) is 11.0. The molecular formula is C12H11ClN4O3. The van der Waals surface area contributed by atoms with Crippen molar-refractivity contribution in [1.82, 2.24) is 9.55 Å². The number of carbonyl (C=O) groups is 1. The standard InChI is InChI=1S/C12H11ClN4O3/c13-8-2-1-7(14)5-9(8)15-11(19)6-17-4-3-10(18)16-12(17)20/h1-5H,6,14H2,(H,15,19)(H,16,18,20). The van der Waals surface area contributed by atoms with E-state index in [1.165, 1.54) is 12.3 Å². The summed E-state index contributed by atoms with van der Waals surface area (Å²) < 4.78 is 1.07. The second kappa shape index (κ2) is 5.62. The molecule has 1 amide bonds. The minimum absolute atomic E-state index is 0.249. The lowest BCUT2D eigenvalue weighted by atomic mass is 10.3. The number of aromatic amines is 1. The molecule has 2 aromatic rings. The molecule has 2 rings (SSSR count). The molecule has 7 nitrogen and oxygen atoms in total. The van der Waals surface area contributed by atoms with Gasteiger partial charge >= 0.3 is 5.69 Å². The number of benzene rings is 1. The van der Waals surface area contributed by atoms with Gasteiger partial charge in [-0.1, -0.05) is 11.6 Å². The molecule has 0 aliphatic carbocycles. The molecule has 20 heavy (non-hydrogen) atoms. The molecule has 0 unspecified atom stereocenters. The van der Waals surface area contributed by atoms with Gasteiger partial charge in [0.25, 0.3) is 5.56 Å². The molecule has 1 aromatic carbocycles. The van der Waals surface area contributed by atoms with Gasteiger partial charge in [0.15, 0.2) is 0 Å². The maximum atomic E-state index is 11.8. The van der Waals surface area contributed by atoms with Crippen LogP contribution in [0.5, 0.6) is 0 Å². The van der Waals surface area contributed by atoms with Gasteiger partial charge in [0.1, 0.15) is 6.54 Å². The lowest BCUT2D eigenvalue weighted by Gasteiger charge is -2.09. The number of rotatable bonds is 3. The Kier molecular flexibility index (Phi) is 3.90. The van der Waals surface area contributed by atoms with E-state index in [4.69, 9.17) is 17.3 Å². The number of nitrogens with zero attached hydrogens (tertiary/aromatic N) is 1. The smallest absolute Gasteiger partial charge is 0.328 e. The lowest BCUT2D eigenvalue weighted by Crippen LogP contribution is -2.32. The zero-order valence-electron chi connectivity index (χ0n) is 10.2. The number of nitrogen functional groups attached to an aromatic ring is 1. The van der Waals surface area contributed by atoms with Crippen LogP contribution in [-0.2, 0) is 11.3 Å². The number of carbonyl (C=O) groups excluding carboxylic acids is 1. The molecule has 0 saturated heterocycles. The van der Waals surface area contributed by atoms with Crippen LogP contribution in [0.2, 0.25) is 5.02 Å². The molecule has 0 aliphatic rings. The second-order valence-electron chi connectivity index (χ2n) is 4.03. The molecule has 1 heterocycles. The average molecular weight is 295 g/mol. The Morgan fingerprint density at radius 3 is 2.80 bits per heavy atom. The molecule has 0 bridgehead atoms. The van der Waals surface area contributed by atoms with Crippen LogP contribution in [0.3, 0.4) is 0 Å². The van der Waals surface area contributed by atoms with Gasteiger partial charge in [0.05, 0.1) is 10.7 Å². The highest BCUT2D eigenvalue weighted by Gasteiger charge is 2.08. The average Bonchev–Trinajstić information content (AvgIpc) is 2.37. The fraction of sp³-hybridized carbons (Fsp3) is 0.0833. The predicted molar refractivity (Wildman–Crippen MR) is 75.8 cm³/mol. The maximum Gasteiger partial charge on any atom is 0.328 e. The van der Waals surface area contributed by atoms with E-state index < -0.39 is 17.2 Å². The summed E-state index contributed by atoms with van der Waals surface area (Å²) in [4.78, 5) is 36.2. The van der Waals surface area contributed by atoms with Crippen LogP contribution >= 0.6 is 11.6 Å². The summed E-state index contributed by atoms with van der Waals surface area (Å²) in [5, 5.41) is 2.87. The van der Waals surface area contributed by atoms with Crippen molar-refractivity contribution < 1.29 is 4.79 Å². The van der Waals surface area contributed by atoms with Gasteiger partial charge in [-0.2, -0.15) is 0 Å². The third kappa shape index (κ3) is 3.27. The molecule has 8 heteroatoms. The number of nitrogens with one attached hydrogen (secondary N) is 2. The largest absolute Gasteiger partial charge is 0.399 e. The number of H-pyrrole nitrogens is 1. The number of amides is 1. The fourth-order valence-corrected chi connectivity index (χ4v) is 1.72. The van der Waals surface area contributed by atoms with Crippen molar-refractivity contribution in [2.75, 3.05) is 11.1 Å². The van der Waals surface area contributed by atoms with E-state index in [9.17, 15) is 14.4 Å². The van der Waals surface area contributed by atoms with Crippen LogP contribution in [0.4, 0.5) is 11.4 Å². The molecule has 0 radical (unpaired) electrons. The summed E-state index contributed by atoms with van der Waals surface area (Å²) in [7, 11) is 0. The number of anilines is 2. The molecule has 0 aliphatic heterocycles. The summed E-state index contributed by atoms with van der Waals surface area (Å²) in [5.74, 6) is -0.466. The van der Waals surface area contributed by atoms with Crippen molar-refractivity contribution in [1.29, 1.82) is 0 Å². The molecule has 0 atom stereocenters. The fourth-order valence-electron chi connectivity index (χ4n) is 1.55. The Labute approximate surface area is 118 Å². The van der Waals surface area contributed by atoms with Crippen LogP contribution in [0.25, 0.3) is 0 Å². The van der Waals surface area contributed by atoms with E-state index in [0.29, 0.717) is 16.4 Å². The monoisotopic (exact) mass is 294 g/mol. The first-order chi connectivity index (χ1) is 9.45. The second-order valence-corrected chi connectivity index (χ2v) is 4.43. The van der Waals surface area contributed by atoms with Crippen LogP contribution in [0.15, 0.2) is 40.1 Å². The van der Waals surface area contributed by atoms with Crippen molar-refractivity contribution >= 4 is 28.9 Å². The topological polar surface area (TPSA) is 110 Å². The summed E-state index contributed by atoms with van der Waals surface area (Å²) in [6.45, 7) is -0.249. The summed E-state index contributed by atoms with van der Waals surface area (Å²) in [5.41, 5.74) is 5.21. The summed E-state index contributed by atoms with van der Waals surface area (Å²) in [6, 6.07) is 5.82. The number of hydrogen-bond acceptors (Lipinski definition) is 4. The highest BCUT2D eigenvalue weighted by molar-refractivity contribution is 6.33. The SMILES string of the molecule is Nc1ccc(Cl)c(NC(=O)Cn2ccc(=O)[nH]c2=O)c1. The zero-order chi connectivity index (χ0) is 14.7. The third-order valence-electron chi connectivity index (χ3n) is 2.48. The molecule has 0 saturated carbocycles. The number of aromatic nitrogens is 2. The minimum Gasteiger partial charge on any atom is -0.399 e. The lowest BCUT2D eigenvalue weighted by molar-refractivity contribution is -0.116. The van der Waals surface area contributed by atoms with Crippen LogP contribution in [0.1, 0.15) is 0 Å². The van der Waals surface area contributed by atoms with E-state index in [0.717, 1.165) is 10.6 Å². The van der Waals surface area contributed by atoms with Crippen LogP contribution in [-0.4, -0.2) is 15.5 Å². The van der Waals surface area contributed by atoms with E-state index in [-0.39, 0.29) is 6.54 Å². The Bertz CT molecular complexity index is 766. The Balaban J connectivity index is 2.15. The van der Waals surface area contributed by atoms with E-state index in [1.54, 1.807) is 12.1 Å². The normalized spacial score (nSPS) is 10.2. The Morgan fingerprint density at radius 1 is 1.35 bits per heavy atom. The molecule has 0 spiro atoms. The number of hydrogen-bond donors (Lipinski definition) is 3. The highest BCUT2D eigenvalue weighted by Crippen LogP contribution is 2.23. The van der Waals surface area contributed by atoms with Gasteiger partial charge in [-0.05, 0) is 18.2 Å². The predicted octanol–water partition coefficient (Wildman–Crippen LogP) is 0.411. The first-order valence-corrected chi connectivity index (χ1v) is 5.98. The minimum atomic E-state index is -0.661. The molecular weight excluding hydrogens is 284 g/mol. The van der Waals surface area contributed by atoms with Gasteiger partial charge < -0.3 is 11.1 Å². The van der Waals surface area contributed by atoms with Gasteiger partial charge in [-0.25, -0.2) is 4.79 Å². The number of halogens is 1. The third-order valence-corrected chi connectivity index (χ3v) is 2.80. The Morgan fingerprint density at radius 2 is 2.10 bits per heavy atom. The van der Waals surface area contributed by atoms with Gasteiger partial charge in [0.2, 0.25) is 5.91 Å².